The van der Waals surface area contributed by atoms with Gasteiger partial charge in [-0.1, -0.05) is 45.0 Å². The molecule has 1 rings (SSSR count). The van der Waals surface area contributed by atoms with Gasteiger partial charge in [0.2, 0.25) is 0 Å². The zero-order chi connectivity index (χ0) is 14.0. The van der Waals surface area contributed by atoms with Crippen molar-refractivity contribution in [3.05, 3.63) is 58.5 Å². The van der Waals surface area contributed by atoms with Gasteiger partial charge in [-0.25, -0.2) is 0 Å². The highest BCUT2D eigenvalue weighted by molar-refractivity contribution is 6.30. The van der Waals surface area contributed by atoms with E-state index in [0.29, 0.717) is 12.4 Å². The number of halogens is 1. The topological polar surface area (TPSA) is 64.1 Å². The van der Waals surface area contributed by atoms with Crippen molar-refractivity contribution in [3.63, 3.8) is 0 Å². The lowest BCUT2D eigenvalue weighted by Gasteiger charge is -2.05. The van der Waals surface area contributed by atoms with Crippen molar-refractivity contribution in [1.29, 1.82) is 0 Å². The van der Waals surface area contributed by atoms with Gasteiger partial charge in [0, 0.05) is 17.3 Å². The standard InChI is InChI=1S/C12H16ClN3.C2H6.CH4/c1-9(14)2-7-12(15)16-8-10-3-5-11(13)6-4-10;1-2;/h2-7,16H,8,14-15H2,1H3;1-2H3;1H4/b9-2-,12-7+;;. The van der Waals surface area contributed by atoms with Crippen LogP contribution in [0.5, 0.6) is 0 Å². The second-order valence-corrected chi connectivity index (χ2v) is 3.95. The van der Waals surface area contributed by atoms with E-state index in [1.165, 1.54) is 0 Å². The zero-order valence-electron chi connectivity index (χ0n) is 11.2. The van der Waals surface area contributed by atoms with Crippen LogP contribution in [0.25, 0.3) is 0 Å². The molecule has 0 spiro atoms. The van der Waals surface area contributed by atoms with Crippen molar-refractivity contribution >= 4 is 11.6 Å². The number of hydrogen-bond acceptors (Lipinski definition) is 3. The molecule has 0 bridgehead atoms. The van der Waals surface area contributed by atoms with Gasteiger partial charge in [0.15, 0.2) is 0 Å². The van der Waals surface area contributed by atoms with Crippen LogP contribution in [0.4, 0.5) is 0 Å². The van der Waals surface area contributed by atoms with Crippen LogP contribution in [-0.4, -0.2) is 0 Å². The molecule has 0 aliphatic heterocycles. The molecule has 0 heterocycles. The highest BCUT2D eigenvalue weighted by Gasteiger charge is 1.93. The Bertz CT molecular complexity index is 390. The molecule has 0 amide bonds. The van der Waals surface area contributed by atoms with E-state index in [9.17, 15) is 0 Å². The van der Waals surface area contributed by atoms with Gasteiger partial charge < -0.3 is 16.8 Å². The first-order chi connectivity index (χ1) is 8.58. The van der Waals surface area contributed by atoms with Crippen LogP contribution in [0.2, 0.25) is 5.02 Å². The van der Waals surface area contributed by atoms with E-state index in [-0.39, 0.29) is 7.43 Å². The number of benzene rings is 1. The smallest absolute Gasteiger partial charge is 0.0963 e. The van der Waals surface area contributed by atoms with Crippen LogP contribution < -0.4 is 16.8 Å². The van der Waals surface area contributed by atoms with Crippen LogP contribution in [0.15, 0.2) is 47.9 Å². The van der Waals surface area contributed by atoms with E-state index >= 15 is 0 Å². The molecular formula is C15H26ClN3. The first kappa shape index (κ1) is 19.7. The maximum atomic E-state index is 5.78. The number of hydrogen-bond donors (Lipinski definition) is 3. The van der Waals surface area contributed by atoms with E-state index in [1.54, 1.807) is 12.2 Å². The SMILES string of the molecule is C.C/C(N)=C/C=C(\N)NCc1ccc(Cl)cc1.CC. The Kier molecular flexibility index (Phi) is 11.9. The fraction of sp³-hybridized carbons (Fsp3) is 0.333. The lowest BCUT2D eigenvalue weighted by Crippen LogP contribution is -2.19. The first-order valence-electron chi connectivity index (χ1n) is 5.96. The average molecular weight is 284 g/mol. The van der Waals surface area contributed by atoms with Gasteiger partial charge in [0.1, 0.15) is 0 Å². The van der Waals surface area contributed by atoms with Crippen LogP contribution in [0.1, 0.15) is 33.8 Å². The lowest BCUT2D eigenvalue weighted by molar-refractivity contribution is 0.800. The number of nitrogens with two attached hydrogens (primary N) is 2. The second-order valence-electron chi connectivity index (χ2n) is 3.51. The molecule has 0 aliphatic rings. The second kappa shape index (κ2) is 11.5. The maximum Gasteiger partial charge on any atom is 0.0963 e. The first-order valence-corrected chi connectivity index (χ1v) is 6.33. The molecule has 0 aliphatic carbocycles. The molecule has 0 radical (unpaired) electrons. The van der Waals surface area contributed by atoms with Crippen LogP contribution in [0, 0.1) is 0 Å². The molecule has 1 aromatic rings. The summed E-state index contributed by atoms with van der Waals surface area (Å²) >= 11 is 5.78. The van der Waals surface area contributed by atoms with Gasteiger partial charge in [-0.15, -0.1) is 0 Å². The Morgan fingerprint density at radius 2 is 1.68 bits per heavy atom. The zero-order valence-corrected chi connectivity index (χ0v) is 12.0. The minimum absolute atomic E-state index is 0. The van der Waals surface area contributed by atoms with Gasteiger partial charge in [-0.2, -0.15) is 0 Å². The predicted octanol–water partition coefficient (Wildman–Crippen LogP) is 3.75. The number of rotatable bonds is 4. The summed E-state index contributed by atoms with van der Waals surface area (Å²) in [7, 11) is 0. The van der Waals surface area contributed by atoms with Crippen LogP contribution >= 0.6 is 11.6 Å². The summed E-state index contributed by atoms with van der Waals surface area (Å²) in [5, 5.41) is 3.80. The number of nitrogens with one attached hydrogen (secondary N) is 1. The van der Waals surface area contributed by atoms with Crippen molar-refractivity contribution in [2.75, 3.05) is 0 Å². The molecule has 108 valence electrons. The molecule has 3 nitrogen and oxygen atoms in total. The summed E-state index contributed by atoms with van der Waals surface area (Å²) in [5.41, 5.74) is 13.0. The lowest BCUT2D eigenvalue weighted by atomic mass is 10.2. The van der Waals surface area contributed by atoms with Gasteiger partial charge in [0.25, 0.3) is 0 Å². The van der Waals surface area contributed by atoms with Crippen molar-refractivity contribution < 1.29 is 0 Å². The van der Waals surface area contributed by atoms with E-state index in [0.717, 1.165) is 16.3 Å². The van der Waals surface area contributed by atoms with Crippen molar-refractivity contribution in [2.45, 2.75) is 34.7 Å². The fourth-order valence-corrected chi connectivity index (χ4v) is 1.21. The highest BCUT2D eigenvalue weighted by Crippen LogP contribution is 2.09. The van der Waals surface area contributed by atoms with E-state index in [4.69, 9.17) is 23.1 Å². The molecule has 5 N–H and O–H groups in total. The molecule has 19 heavy (non-hydrogen) atoms. The van der Waals surface area contributed by atoms with E-state index in [1.807, 2.05) is 45.0 Å². The summed E-state index contributed by atoms with van der Waals surface area (Å²) in [5.74, 6) is 0.583. The Morgan fingerprint density at radius 1 is 1.16 bits per heavy atom. The predicted molar refractivity (Wildman–Crippen MR) is 86.6 cm³/mol. The summed E-state index contributed by atoms with van der Waals surface area (Å²) in [4.78, 5) is 0. The minimum Gasteiger partial charge on any atom is -0.402 e. The normalized spacial score (nSPS) is 10.9. The van der Waals surface area contributed by atoms with Gasteiger partial charge in [-0.05, 0) is 36.8 Å². The maximum absolute atomic E-state index is 5.78. The quantitative estimate of drug-likeness (QED) is 0.737. The molecule has 0 aromatic heterocycles. The third kappa shape index (κ3) is 10.0. The van der Waals surface area contributed by atoms with Crippen LogP contribution in [-0.2, 0) is 6.54 Å². The highest BCUT2D eigenvalue weighted by atomic mass is 35.5. The molecule has 4 heteroatoms. The molecule has 0 fully saturated rings. The third-order valence-corrected chi connectivity index (χ3v) is 2.19. The van der Waals surface area contributed by atoms with Crippen molar-refractivity contribution in [3.8, 4) is 0 Å². The minimum atomic E-state index is 0. The molecule has 0 saturated heterocycles. The summed E-state index contributed by atoms with van der Waals surface area (Å²) in [6.07, 6.45) is 3.50. The summed E-state index contributed by atoms with van der Waals surface area (Å²) < 4.78 is 0. The van der Waals surface area contributed by atoms with Crippen molar-refractivity contribution in [2.24, 2.45) is 11.5 Å². The molecule has 0 atom stereocenters. The monoisotopic (exact) mass is 283 g/mol. The van der Waals surface area contributed by atoms with Gasteiger partial charge in [0.05, 0.1) is 5.82 Å². The Hall–Kier alpha value is -1.61. The van der Waals surface area contributed by atoms with Gasteiger partial charge in [-0.3, -0.25) is 0 Å². The Labute approximate surface area is 122 Å². The molecule has 0 saturated carbocycles. The van der Waals surface area contributed by atoms with E-state index < -0.39 is 0 Å². The molecular weight excluding hydrogens is 258 g/mol. The third-order valence-electron chi connectivity index (χ3n) is 1.94. The van der Waals surface area contributed by atoms with Crippen molar-refractivity contribution in [1.82, 2.24) is 5.32 Å². The summed E-state index contributed by atoms with van der Waals surface area (Å²) in [6, 6.07) is 7.60. The average Bonchev–Trinajstić information content (AvgIpc) is 2.38. The van der Waals surface area contributed by atoms with Crippen LogP contribution in [0.3, 0.4) is 0 Å². The Morgan fingerprint density at radius 3 is 2.16 bits per heavy atom. The molecule has 0 unspecified atom stereocenters. The summed E-state index contributed by atoms with van der Waals surface area (Å²) in [6.45, 7) is 6.47. The number of allylic oxidation sites excluding steroid dienone is 3. The molecule has 1 aromatic carbocycles. The fourth-order valence-electron chi connectivity index (χ4n) is 1.09. The largest absolute Gasteiger partial charge is 0.402 e. The Balaban J connectivity index is 0. The van der Waals surface area contributed by atoms with E-state index in [2.05, 4.69) is 5.32 Å². The van der Waals surface area contributed by atoms with Gasteiger partial charge >= 0.3 is 0 Å².